The molecule has 0 bridgehead atoms. The molecule has 2 aromatic carbocycles. The molecule has 0 aliphatic carbocycles. The van der Waals surface area contributed by atoms with Crippen LogP contribution >= 0.6 is 0 Å². The normalized spacial score (nSPS) is 10.4. The molecular formula is C26H24O13. The van der Waals surface area contributed by atoms with Crippen LogP contribution in [0.3, 0.4) is 0 Å². The van der Waals surface area contributed by atoms with Crippen LogP contribution in [0.2, 0.25) is 0 Å². The number of benzene rings is 2. The molecule has 0 fully saturated rings. The molecule has 39 heavy (non-hydrogen) atoms. The number of esters is 4. The molecule has 0 aliphatic heterocycles. The van der Waals surface area contributed by atoms with Crippen molar-refractivity contribution in [3.8, 4) is 51.6 Å². The standard InChI is InChI=1S/C26H24O13/c1-11(27)35-16-9-8-15(10-17(16)32-5)20-23(33-6)19(31)18-21(39-20)24(34-7)26(38-14(4)30)25(37-13(3)29)22(18)36-12(2)28/h8-10H,1-7H3. The molecule has 0 amide bonds. The van der Waals surface area contributed by atoms with Gasteiger partial charge in [-0.15, -0.1) is 0 Å². The summed E-state index contributed by atoms with van der Waals surface area (Å²) < 4.78 is 42.9. The summed E-state index contributed by atoms with van der Waals surface area (Å²) in [4.78, 5) is 61.1. The topological polar surface area (TPSA) is 163 Å². The minimum atomic E-state index is -0.892. The van der Waals surface area contributed by atoms with E-state index < -0.39 is 51.9 Å². The first-order valence-corrected chi connectivity index (χ1v) is 11.1. The second-order valence-corrected chi connectivity index (χ2v) is 7.76. The summed E-state index contributed by atoms with van der Waals surface area (Å²) in [7, 11) is 3.73. The summed E-state index contributed by atoms with van der Waals surface area (Å²) in [5.74, 6) is -5.38. The van der Waals surface area contributed by atoms with Gasteiger partial charge in [0.2, 0.25) is 28.4 Å². The fourth-order valence-corrected chi connectivity index (χ4v) is 3.63. The lowest BCUT2D eigenvalue weighted by molar-refractivity contribution is -0.135. The van der Waals surface area contributed by atoms with E-state index in [0.29, 0.717) is 0 Å². The Bertz CT molecular complexity index is 1550. The lowest BCUT2D eigenvalue weighted by atomic mass is 10.1. The van der Waals surface area contributed by atoms with Gasteiger partial charge in [-0.05, 0) is 18.2 Å². The van der Waals surface area contributed by atoms with Crippen LogP contribution in [-0.2, 0) is 19.2 Å². The van der Waals surface area contributed by atoms with Crippen molar-refractivity contribution >= 4 is 34.8 Å². The first-order valence-electron chi connectivity index (χ1n) is 11.1. The summed E-state index contributed by atoms with van der Waals surface area (Å²) in [6, 6.07) is 4.30. The average molecular weight is 544 g/mol. The summed E-state index contributed by atoms with van der Waals surface area (Å²) in [5.41, 5.74) is -0.938. The van der Waals surface area contributed by atoms with Crippen LogP contribution in [-0.4, -0.2) is 45.2 Å². The highest BCUT2D eigenvalue weighted by molar-refractivity contribution is 5.99. The molecule has 13 heteroatoms. The molecule has 0 unspecified atom stereocenters. The molecule has 1 aromatic heterocycles. The molecule has 0 atom stereocenters. The Hall–Kier alpha value is -5.07. The molecule has 0 saturated heterocycles. The Morgan fingerprint density at radius 3 is 1.62 bits per heavy atom. The number of hydrogen-bond donors (Lipinski definition) is 0. The number of methoxy groups -OCH3 is 3. The predicted octanol–water partition coefficient (Wildman–Crippen LogP) is 3.19. The monoisotopic (exact) mass is 544 g/mol. The highest BCUT2D eigenvalue weighted by Crippen LogP contribution is 2.52. The molecule has 0 saturated carbocycles. The highest BCUT2D eigenvalue weighted by Gasteiger charge is 2.33. The van der Waals surface area contributed by atoms with Gasteiger partial charge in [0.15, 0.2) is 28.6 Å². The van der Waals surface area contributed by atoms with E-state index in [4.69, 9.17) is 37.6 Å². The van der Waals surface area contributed by atoms with Crippen LogP contribution in [0.5, 0.6) is 40.2 Å². The van der Waals surface area contributed by atoms with Gasteiger partial charge in [-0.2, -0.15) is 0 Å². The number of hydrogen-bond acceptors (Lipinski definition) is 13. The zero-order valence-corrected chi connectivity index (χ0v) is 22.0. The van der Waals surface area contributed by atoms with Crippen molar-refractivity contribution in [2.45, 2.75) is 27.7 Å². The van der Waals surface area contributed by atoms with E-state index in [1.165, 1.54) is 46.5 Å². The smallest absolute Gasteiger partial charge is 0.308 e. The van der Waals surface area contributed by atoms with Crippen molar-refractivity contribution in [2.24, 2.45) is 0 Å². The largest absolute Gasteiger partial charge is 0.493 e. The predicted molar refractivity (Wildman–Crippen MR) is 133 cm³/mol. The van der Waals surface area contributed by atoms with E-state index >= 15 is 0 Å². The van der Waals surface area contributed by atoms with Crippen LogP contribution in [0.25, 0.3) is 22.3 Å². The summed E-state index contributed by atoms with van der Waals surface area (Å²) >= 11 is 0. The van der Waals surface area contributed by atoms with Crippen LogP contribution in [0.4, 0.5) is 0 Å². The zero-order valence-electron chi connectivity index (χ0n) is 22.0. The second kappa shape index (κ2) is 11.5. The summed E-state index contributed by atoms with van der Waals surface area (Å²) in [6.45, 7) is 4.38. The van der Waals surface area contributed by atoms with Gasteiger partial charge in [0.25, 0.3) is 0 Å². The third kappa shape index (κ3) is 5.76. The lowest BCUT2D eigenvalue weighted by Gasteiger charge is -2.19. The Kier molecular flexibility index (Phi) is 8.44. The number of ether oxygens (including phenoxy) is 7. The zero-order chi connectivity index (χ0) is 29.0. The van der Waals surface area contributed by atoms with Crippen LogP contribution in [0.1, 0.15) is 27.7 Å². The molecule has 1 heterocycles. The third-order valence-electron chi connectivity index (χ3n) is 4.95. The van der Waals surface area contributed by atoms with Gasteiger partial charge < -0.3 is 37.6 Å². The number of fused-ring (bicyclic) bond motifs is 1. The van der Waals surface area contributed by atoms with E-state index in [1.807, 2.05) is 0 Å². The Balaban J connectivity index is 2.53. The molecule has 0 N–H and O–H groups in total. The number of carbonyl (C=O) groups is 4. The van der Waals surface area contributed by atoms with Gasteiger partial charge in [-0.3, -0.25) is 24.0 Å². The van der Waals surface area contributed by atoms with Crippen LogP contribution in [0, 0.1) is 0 Å². The maximum atomic E-state index is 13.8. The van der Waals surface area contributed by atoms with Crippen molar-refractivity contribution in [3.63, 3.8) is 0 Å². The van der Waals surface area contributed by atoms with Crippen molar-refractivity contribution in [2.75, 3.05) is 21.3 Å². The van der Waals surface area contributed by atoms with Crippen molar-refractivity contribution in [3.05, 3.63) is 28.4 Å². The van der Waals surface area contributed by atoms with E-state index in [1.54, 1.807) is 0 Å². The van der Waals surface area contributed by atoms with Crippen LogP contribution < -0.4 is 38.6 Å². The van der Waals surface area contributed by atoms with Crippen LogP contribution in [0.15, 0.2) is 27.4 Å². The summed E-state index contributed by atoms with van der Waals surface area (Å²) in [5, 5.41) is -0.404. The van der Waals surface area contributed by atoms with Gasteiger partial charge in [0.1, 0.15) is 5.39 Å². The van der Waals surface area contributed by atoms with Crippen molar-refractivity contribution in [1.29, 1.82) is 0 Å². The van der Waals surface area contributed by atoms with Crippen molar-refractivity contribution < 1.29 is 56.8 Å². The molecule has 0 aliphatic rings. The SMILES string of the molecule is COc1cc(-c2oc3c(OC)c(OC(C)=O)c(OC(C)=O)c(OC(C)=O)c3c(=O)c2OC)ccc1OC(C)=O. The van der Waals surface area contributed by atoms with E-state index in [9.17, 15) is 24.0 Å². The minimum absolute atomic E-state index is 0.105. The van der Waals surface area contributed by atoms with Gasteiger partial charge >= 0.3 is 23.9 Å². The Labute approximate surface area is 221 Å². The molecule has 3 aromatic rings. The van der Waals surface area contributed by atoms with Crippen molar-refractivity contribution in [1.82, 2.24) is 0 Å². The maximum Gasteiger partial charge on any atom is 0.308 e. The van der Waals surface area contributed by atoms with Gasteiger partial charge in [0, 0.05) is 33.3 Å². The molecule has 206 valence electrons. The fourth-order valence-electron chi connectivity index (χ4n) is 3.63. The Morgan fingerprint density at radius 1 is 0.615 bits per heavy atom. The fraction of sp³-hybridized carbons (Fsp3) is 0.269. The first-order chi connectivity index (χ1) is 18.4. The average Bonchev–Trinajstić information content (AvgIpc) is 2.85. The van der Waals surface area contributed by atoms with Gasteiger partial charge in [-0.1, -0.05) is 0 Å². The molecule has 13 nitrogen and oxygen atoms in total. The molecule has 3 rings (SSSR count). The second-order valence-electron chi connectivity index (χ2n) is 7.76. The van der Waals surface area contributed by atoms with Gasteiger partial charge in [0.05, 0.1) is 21.3 Å². The number of carbonyl (C=O) groups excluding carboxylic acids is 4. The summed E-state index contributed by atoms with van der Waals surface area (Å²) in [6.07, 6.45) is 0. The molecule has 0 radical (unpaired) electrons. The van der Waals surface area contributed by atoms with E-state index in [-0.39, 0.29) is 39.9 Å². The lowest BCUT2D eigenvalue weighted by Crippen LogP contribution is -2.16. The third-order valence-corrected chi connectivity index (χ3v) is 4.95. The molecule has 0 spiro atoms. The van der Waals surface area contributed by atoms with E-state index in [2.05, 4.69) is 0 Å². The molecular weight excluding hydrogens is 520 g/mol. The maximum absolute atomic E-state index is 13.8. The first kappa shape index (κ1) is 28.5. The van der Waals surface area contributed by atoms with E-state index in [0.717, 1.165) is 20.8 Å². The number of rotatable bonds is 8. The Morgan fingerprint density at radius 2 is 1.13 bits per heavy atom. The highest BCUT2D eigenvalue weighted by atomic mass is 16.6. The van der Waals surface area contributed by atoms with Gasteiger partial charge in [-0.25, -0.2) is 0 Å². The minimum Gasteiger partial charge on any atom is -0.493 e. The quantitative estimate of drug-likeness (QED) is 0.300.